The molecule has 1 N–H and O–H groups in total. The molecule has 7 nitrogen and oxygen atoms in total. The lowest BCUT2D eigenvalue weighted by Gasteiger charge is -2.27. The Bertz CT molecular complexity index is 1450. The van der Waals surface area contributed by atoms with Gasteiger partial charge in [-0.25, -0.2) is 9.78 Å². The summed E-state index contributed by atoms with van der Waals surface area (Å²) in [5.74, 6) is 0.139. The molecule has 2 aromatic carbocycles. The number of rotatable bonds is 5. The van der Waals surface area contributed by atoms with E-state index in [1.165, 1.54) is 0 Å². The zero-order valence-electron chi connectivity index (χ0n) is 19.6. The molecule has 5 rings (SSSR count). The summed E-state index contributed by atoms with van der Waals surface area (Å²) in [6.45, 7) is 3.81. The van der Waals surface area contributed by atoms with Gasteiger partial charge in [-0.15, -0.1) is 0 Å². The van der Waals surface area contributed by atoms with Crippen LogP contribution in [0.4, 0.5) is 5.82 Å². The van der Waals surface area contributed by atoms with Gasteiger partial charge in [0.2, 0.25) is 0 Å². The number of aromatic nitrogens is 2. The van der Waals surface area contributed by atoms with Crippen molar-refractivity contribution in [1.82, 2.24) is 14.3 Å². The maximum atomic E-state index is 11.3. The number of carbonyl (C=O) groups is 1. The molecule has 1 aliphatic heterocycles. The van der Waals surface area contributed by atoms with E-state index in [-0.39, 0.29) is 5.56 Å². The van der Waals surface area contributed by atoms with Gasteiger partial charge in [0.25, 0.3) is 0 Å². The highest BCUT2D eigenvalue weighted by Gasteiger charge is 2.30. The fourth-order valence-corrected chi connectivity index (χ4v) is 5.03. The third kappa shape index (κ3) is 3.57. The van der Waals surface area contributed by atoms with E-state index in [0.29, 0.717) is 23.7 Å². The topological polar surface area (TPSA) is 84.9 Å². The summed E-state index contributed by atoms with van der Waals surface area (Å²) < 4.78 is 2.15. The zero-order valence-corrected chi connectivity index (χ0v) is 19.6. The van der Waals surface area contributed by atoms with Crippen molar-refractivity contribution in [2.45, 2.75) is 25.8 Å². The molecule has 3 heterocycles. The van der Waals surface area contributed by atoms with Crippen LogP contribution in [-0.4, -0.2) is 58.6 Å². The second kappa shape index (κ2) is 8.47. The molecule has 0 amide bonds. The van der Waals surface area contributed by atoms with Crippen molar-refractivity contribution in [2.75, 3.05) is 32.1 Å². The first-order valence-electron chi connectivity index (χ1n) is 11.5. The van der Waals surface area contributed by atoms with E-state index in [1.54, 1.807) is 12.1 Å². The van der Waals surface area contributed by atoms with E-state index in [1.807, 2.05) is 37.3 Å². The third-order valence-electron chi connectivity index (χ3n) is 6.98. The van der Waals surface area contributed by atoms with Crippen molar-refractivity contribution >= 4 is 28.5 Å². The number of imidazole rings is 1. The fourth-order valence-electron chi connectivity index (χ4n) is 5.03. The first-order chi connectivity index (χ1) is 16.4. The molecule has 2 aromatic heterocycles. The third-order valence-corrected chi connectivity index (χ3v) is 6.98. The Balaban J connectivity index is 1.76. The molecule has 0 spiro atoms. The lowest BCUT2D eigenvalue weighted by Crippen LogP contribution is -2.32. The van der Waals surface area contributed by atoms with Crippen LogP contribution in [0.15, 0.2) is 48.5 Å². The summed E-state index contributed by atoms with van der Waals surface area (Å²) >= 11 is 0. The summed E-state index contributed by atoms with van der Waals surface area (Å²) in [4.78, 5) is 20.8. The number of benzene rings is 2. The van der Waals surface area contributed by atoms with Gasteiger partial charge in [-0.05, 0) is 62.8 Å². The average Bonchev–Trinajstić information content (AvgIpc) is 3.46. The van der Waals surface area contributed by atoms with E-state index < -0.39 is 5.97 Å². The maximum Gasteiger partial charge on any atom is 0.335 e. The van der Waals surface area contributed by atoms with Gasteiger partial charge in [0, 0.05) is 31.1 Å². The minimum absolute atomic E-state index is 0.267. The molecule has 1 atom stereocenters. The van der Waals surface area contributed by atoms with Gasteiger partial charge in [-0.2, -0.15) is 5.26 Å². The molecular weight excluding hydrogens is 426 g/mol. The number of hydrogen-bond acceptors (Lipinski definition) is 5. The summed E-state index contributed by atoms with van der Waals surface area (Å²) in [5.41, 5.74) is 6.40. The summed E-state index contributed by atoms with van der Waals surface area (Å²) in [5, 5.41) is 19.4. The molecule has 4 aromatic rings. The smallest absolute Gasteiger partial charge is 0.335 e. The SMILES string of the molecule is Cc1c(Cc2ccc(C(=O)O)cc2)c(N2CC[C@H](N(C)C)C2)n2c(nc3ccccc32)c1C#N. The molecular formula is C27H27N5O2. The van der Waals surface area contributed by atoms with Crippen LogP contribution in [0.2, 0.25) is 0 Å². The van der Waals surface area contributed by atoms with Crippen molar-refractivity contribution < 1.29 is 9.90 Å². The molecule has 1 aliphatic rings. The number of carboxylic acids is 1. The number of nitrogens with zero attached hydrogens (tertiary/aromatic N) is 5. The standard InChI is InChI=1S/C27H27N5O2/c1-17-21(14-18-8-10-19(11-9-18)27(33)34)26(31-13-12-20(16-31)30(2)3)32-24-7-5-4-6-23(24)29-25(32)22(17)15-28/h4-11,20H,12-14,16H2,1-3H3,(H,33,34)/t20-/m0/s1. The fraction of sp³-hybridized carbons (Fsp3) is 0.296. The van der Waals surface area contributed by atoms with Gasteiger partial charge >= 0.3 is 5.97 Å². The van der Waals surface area contributed by atoms with Gasteiger partial charge in [0.05, 0.1) is 22.2 Å². The highest BCUT2D eigenvalue weighted by atomic mass is 16.4. The number of fused-ring (bicyclic) bond motifs is 3. The molecule has 0 saturated carbocycles. The van der Waals surface area contributed by atoms with Crippen molar-refractivity contribution in [3.05, 3.63) is 76.3 Å². The number of hydrogen-bond donors (Lipinski definition) is 1. The number of para-hydroxylation sites is 2. The normalized spacial score (nSPS) is 16.0. The second-order valence-electron chi connectivity index (χ2n) is 9.20. The van der Waals surface area contributed by atoms with E-state index in [9.17, 15) is 15.2 Å². The Morgan fingerprint density at radius 1 is 1.21 bits per heavy atom. The summed E-state index contributed by atoms with van der Waals surface area (Å²) in [7, 11) is 4.23. The predicted molar refractivity (Wildman–Crippen MR) is 133 cm³/mol. The maximum absolute atomic E-state index is 11.3. The van der Waals surface area contributed by atoms with Crippen LogP contribution < -0.4 is 4.90 Å². The highest BCUT2D eigenvalue weighted by molar-refractivity contribution is 5.88. The number of likely N-dealkylation sites (N-methyl/N-ethyl adjacent to an activating group) is 1. The minimum atomic E-state index is -0.937. The van der Waals surface area contributed by atoms with Gasteiger partial charge in [-0.3, -0.25) is 4.40 Å². The second-order valence-corrected chi connectivity index (χ2v) is 9.20. The van der Waals surface area contributed by atoms with Crippen LogP contribution in [-0.2, 0) is 6.42 Å². The molecule has 34 heavy (non-hydrogen) atoms. The quantitative estimate of drug-likeness (QED) is 0.490. The first-order valence-corrected chi connectivity index (χ1v) is 11.5. The molecule has 0 aliphatic carbocycles. The van der Waals surface area contributed by atoms with Gasteiger partial charge in [0.1, 0.15) is 11.9 Å². The molecule has 0 radical (unpaired) electrons. The molecule has 1 fully saturated rings. The van der Waals surface area contributed by atoms with Gasteiger partial charge < -0.3 is 14.9 Å². The number of pyridine rings is 1. The number of nitriles is 1. The van der Waals surface area contributed by atoms with Crippen LogP contribution >= 0.6 is 0 Å². The minimum Gasteiger partial charge on any atom is -0.478 e. The number of carboxylic acid groups (broad SMARTS) is 1. The van der Waals surface area contributed by atoms with E-state index in [2.05, 4.69) is 40.4 Å². The lowest BCUT2D eigenvalue weighted by atomic mass is 9.97. The van der Waals surface area contributed by atoms with Crippen LogP contribution in [0.5, 0.6) is 0 Å². The highest BCUT2D eigenvalue weighted by Crippen LogP contribution is 2.36. The van der Waals surface area contributed by atoms with Crippen molar-refractivity contribution in [3.8, 4) is 6.07 Å². The van der Waals surface area contributed by atoms with Crippen molar-refractivity contribution in [3.63, 3.8) is 0 Å². The largest absolute Gasteiger partial charge is 0.478 e. The number of anilines is 1. The monoisotopic (exact) mass is 453 g/mol. The Morgan fingerprint density at radius 3 is 2.59 bits per heavy atom. The lowest BCUT2D eigenvalue weighted by molar-refractivity contribution is 0.0697. The van der Waals surface area contributed by atoms with Crippen molar-refractivity contribution in [1.29, 1.82) is 5.26 Å². The van der Waals surface area contributed by atoms with E-state index in [0.717, 1.165) is 53.1 Å². The zero-order chi connectivity index (χ0) is 24.0. The van der Waals surface area contributed by atoms with Crippen LogP contribution in [0.3, 0.4) is 0 Å². The predicted octanol–water partition coefficient (Wildman–Crippen LogP) is 4.10. The Labute approximate surface area is 198 Å². The summed E-state index contributed by atoms with van der Waals surface area (Å²) in [6, 6.07) is 17.9. The summed E-state index contributed by atoms with van der Waals surface area (Å²) in [6.07, 6.45) is 1.66. The first kappa shape index (κ1) is 21.9. The molecule has 0 bridgehead atoms. The van der Waals surface area contributed by atoms with Gasteiger partial charge in [0.15, 0.2) is 5.65 Å². The van der Waals surface area contributed by atoms with E-state index in [4.69, 9.17) is 4.98 Å². The Morgan fingerprint density at radius 2 is 1.94 bits per heavy atom. The van der Waals surface area contributed by atoms with Crippen molar-refractivity contribution in [2.24, 2.45) is 0 Å². The number of aromatic carboxylic acids is 1. The molecule has 172 valence electrons. The Kier molecular flexibility index (Phi) is 5.46. The molecule has 7 heteroatoms. The van der Waals surface area contributed by atoms with Crippen LogP contribution in [0.25, 0.3) is 16.7 Å². The molecule has 1 saturated heterocycles. The average molecular weight is 454 g/mol. The Hall–Kier alpha value is -3.89. The molecule has 0 unspecified atom stereocenters. The van der Waals surface area contributed by atoms with Crippen LogP contribution in [0.1, 0.15) is 39.0 Å². The van der Waals surface area contributed by atoms with Gasteiger partial charge in [-0.1, -0.05) is 24.3 Å². The van der Waals surface area contributed by atoms with Crippen LogP contribution in [0, 0.1) is 18.3 Å². The van der Waals surface area contributed by atoms with E-state index >= 15 is 0 Å².